The van der Waals surface area contributed by atoms with Gasteiger partial charge in [0.2, 0.25) is 0 Å². The van der Waals surface area contributed by atoms with Gasteiger partial charge in [0, 0.05) is 0 Å². The zero-order valence-corrected chi connectivity index (χ0v) is 8.06. The smallest absolute Gasteiger partial charge is 0.0206 e. The molecule has 0 aromatic rings. The van der Waals surface area contributed by atoms with Crippen LogP contribution < -0.4 is 0 Å². The fraction of sp³-hybridized carbons (Fsp3) is 0.818. The summed E-state index contributed by atoms with van der Waals surface area (Å²) in [6.45, 7) is 11.1. The maximum Gasteiger partial charge on any atom is -0.0206 e. The van der Waals surface area contributed by atoms with Crippen molar-refractivity contribution in [3.05, 3.63) is 12.2 Å². The van der Waals surface area contributed by atoms with Crippen molar-refractivity contribution in [3.8, 4) is 0 Å². The molecule has 3 unspecified atom stereocenters. The Labute approximate surface area is 70.7 Å². The maximum atomic E-state index is 4.12. The Hall–Kier alpha value is -0.260. The molecule has 64 valence electrons. The van der Waals surface area contributed by atoms with Crippen LogP contribution in [0.15, 0.2) is 12.2 Å². The first kappa shape index (κ1) is 8.83. The molecule has 0 amide bonds. The first-order valence-corrected chi connectivity index (χ1v) is 4.84. The van der Waals surface area contributed by atoms with Crippen LogP contribution >= 0.6 is 0 Å². The van der Waals surface area contributed by atoms with Gasteiger partial charge in [0.1, 0.15) is 0 Å². The second kappa shape index (κ2) is 3.42. The van der Waals surface area contributed by atoms with Gasteiger partial charge in [-0.05, 0) is 24.2 Å². The molecule has 0 spiro atoms. The molecule has 1 fully saturated rings. The van der Waals surface area contributed by atoms with Crippen molar-refractivity contribution in [1.29, 1.82) is 0 Å². The monoisotopic (exact) mass is 152 g/mol. The average molecular weight is 152 g/mol. The minimum Gasteiger partial charge on any atom is -0.0996 e. The lowest BCUT2D eigenvalue weighted by Gasteiger charge is -2.16. The molecule has 1 aliphatic rings. The zero-order chi connectivity index (χ0) is 8.43. The van der Waals surface area contributed by atoms with Gasteiger partial charge in [0.05, 0.1) is 0 Å². The highest BCUT2D eigenvalue weighted by atomic mass is 14.4. The van der Waals surface area contributed by atoms with E-state index in [1.54, 1.807) is 0 Å². The van der Waals surface area contributed by atoms with Crippen molar-refractivity contribution >= 4 is 0 Å². The van der Waals surface area contributed by atoms with Crippen LogP contribution in [0.25, 0.3) is 0 Å². The highest BCUT2D eigenvalue weighted by Gasteiger charge is 2.31. The van der Waals surface area contributed by atoms with Gasteiger partial charge < -0.3 is 0 Å². The SMILES string of the molecule is C=C1CC(CCC)C(C)C1C. The molecular formula is C11H20. The topological polar surface area (TPSA) is 0 Å². The van der Waals surface area contributed by atoms with Crippen LogP contribution in [0.1, 0.15) is 40.0 Å². The van der Waals surface area contributed by atoms with Gasteiger partial charge in [-0.1, -0.05) is 45.8 Å². The summed E-state index contributed by atoms with van der Waals surface area (Å²) < 4.78 is 0. The van der Waals surface area contributed by atoms with Crippen LogP contribution in [0.4, 0.5) is 0 Å². The molecule has 0 heterocycles. The second-order valence-corrected chi connectivity index (χ2v) is 4.06. The molecule has 0 radical (unpaired) electrons. The summed E-state index contributed by atoms with van der Waals surface area (Å²) in [7, 11) is 0. The van der Waals surface area contributed by atoms with E-state index in [4.69, 9.17) is 0 Å². The Bertz CT molecular complexity index is 146. The van der Waals surface area contributed by atoms with Gasteiger partial charge in [0.15, 0.2) is 0 Å². The van der Waals surface area contributed by atoms with Gasteiger partial charge >= 0.3 is 0 Å². The van der Waals surface area contributed by atoms with Crippen molar-refractivity contribution < 1.29 is 0 Å². The summed E-state index contributed by atoms with van der Waals surface area (Å²) in [5, 5.41) is 0. The van der Waals surface area contributed by atoms with E-state index in [0.29, 0.717) is 0 Å². The van der Waals surface area contributed by atoms with E-state index in [0.717, 1.165) is 17.8 Å². The van der Waals surface area contributed by atoms with E-state index in [1.165, 1.54) is 24.8 Å². The highest BCUT2D eigenvalue weighted by molar-refractivity contribution is 5.09. The molecule has 0 aliphatic heterocycles. The first-order chi connectivity index (χ1) is 5.16. The molecule has 0 bridgehead atoms. The molecule has 0 aromatic heterocycles. The third kappa shape index (κ3) is 1.66. The molecule has 11 heavy (non-hydrogen) atoms. The summed E-state index contributed by atoms with van der Waals surface area (Å²) >= 11 is 0. The Morgan fingerprint density at radius 2 is 2.09 bits per heavy atom. The molecule has 1 saturated carbocycles. The van der Waals surface area contributed by atoms with Crippen molar-refractivity contribution in [2.24, 2.45) is 17.8 Å². The lowest BCUT2D eigenvalue weighted by atomic mass is 9.89. The molecule has 0 nitrogen and oxygen atoms in total. The predicted octanol–water partition coefficient (Wildman–Crippen LogP) is 3.63. The maximum absolute atomic E-state index is 4.12. The van der Waals surface area contributed by atoms with Crippen LogP contribution in [0.5, 0.6) is 0 Å². The van der Waals surface area contributed by atoms with Crippen molar-refractivity contribution in [2.45, 2.75) is 40.0 Å². The normalized spacial score (nSPS) is 38.1. The molecular weight excluding hydrogens is 132 g/mol. The summed E-state index contributed by atoms with van der Waals surface area (Å²) in [6, 6.07) is 0. The van der Waals surface area contributed by atoms with Gasteiger partial charge in [-0.3, -0.25) is 0 Å². The van der Waals surface area contributed by atoms with E-state index in [2.05, 4.69) is 27.4 Å². The summed E-state index contributed by atoms with van der Waals surface area (Å²) in [6.07, 6.45) is 4.01. The third-order valence-corrected chi connectivity index (χ3v) is 3.36. The van der Waals surface area contributed by atoms with Crippen LogP contribution in [-0.4, -0.2) is 0 Å². The first-order valence-electron chi connectivity index (χ1n) is 4.84. The van der Waals surface area contributed by atoms with Crippen LogP contribution in [0.2, 0.25) is 0 Å². The number of rotatable bonds is 2. The fourth-order valence-electron chi connectivity index (χ4n) is 2.22. The van der Waals surface area contributed by atoms with E-state index in [9.17, 15) is 0 Å². The Kier molecular flexibility index (Phi) is 2.75. The molecule has 0 heteroatoms. The standard InChI is InChI=1S/C11H20/c1-5-6-11-7-8(2)9(3)10(11)4/h9-11H,2,5-7H2,1,3-4H3. The van der Waals surface area contributed by atoms with E-state index < -0.39 is 0 Å². The van der Waals surface area contributed by atoms with Crippen LogP contribution in [0, 0.1) is 17.8 Å². The van der Waals surface area contributed by atoms with Gasteiger partial charge in [0.25, 0.3) is 0 Å². The minimum absolute atomic E-state index is 0.770. The average Bonchev–Trinajstić information content (AvgIpc) is 2.19. The molecule has 0 N–H and O–H groups in total. The molecule has 1 aliphatic carbocycles. The van der Waals surface area contributed by atoms with Gasteiger partial charge in [-0.15, -0.1) is 0 Å². The number of hydrogen-bond donors (Lipinski definition) is 0. The Balaban J connectivity index is 2.52. The lowest BCUT2D eigenvalue weighted by molar-refractivity contribution is 0.341. The zero-order valence-electron chi connectivity index (χ0n) is 8.06. The van der Waals surface area contributed by atoms with Gasteiger partial charge in [-0.2, -0.15) is 0 Å². The van der Waals surface area contributed by atoms with Crippen molar-refractivity contribution in [1.82, 2.24) is 0 Å². The quantitative estimate of drug-likeness (QED) is 0.530. The van der Waals surface area contributed by atoms with Gasteiger partial charge in [-0.25, -0.2) is 0 Å². The van der Waals surface area contributed by atoms with Crippen LogP contribution in [0.3, 0.4) is 0 Å². The Morgan fingerprint density at radius 1 is 1.45 bits per heavy atom. The Morgan fingerprint density at radius 3 is 2.45 bits per heavy atom. The number of allylic oxidation sites excluding steroid dienone is 1. The minimum atomic E-state index is 0.770. The molecule has 0 saturated heterocycles. The van der Waals surface area contributed by atoms with E-state index in [1.807, 2.05) is 0 Å². The van der Waals surface area contributed by atoms with Crippen LogP contribution in [-0.2, 0) is 0 Å². The number of hydrogen-bond acceptors (Lipinski definition) is 0. The van der Waals surface area contributed by atoms with E-state index in [-0.39, 0.29) is 0 Å². The molecule has 1 rings (SSSR count). The van der Waals surface area contributed by atoms with E-state index >= 15 is 0 Å². The predicted molar refractivity (Wildman–Crippen MR) is 50.5 cm³/mol. The summed E-state index contributed by atoms with van der Waals surface area (Å²) in [5.74, 6) is 2.58. The summed E-state index contributed by atoms with van der Waals surface area (Å²) in [5.41, 5.74) is 1.48. The summed E-state index contributed by atoms with van der Waals surface area (Å²) in [4.78, 5) is 0. The van der Waals surface area contributed by atoms with Crippen molar-refractivity contribution in [3.63, 3.8) is 0 Å². The largest absolute Gasteiger partial charge is 0.0996 e. The molecule has 0 aromatic carbocycles. The lowest BCUT2D eigenvalue weighted by Crippen LogP contribution is -2.08. The third-order valence-electron chi connectivity index (χ3n) is 3.36. The fourth-order valence-corrected chi connectivity index (χ4v) is 2.22. The highest BCUT2D eigenvalue weighted by Crippen LogP contribution is 2.41. The van der Waals surface area contributed by atoms with Crippen molar-refractivity contribution in [2.75, 3.05) is 0 Å². The second-order valence-electron chi connectivity index (χ2n) is 4.06. The molecule has 3 atom stereocenters.